The number of anilines is 2. The number of hydrogen-bond donors (Lipinski definition) is 3. The van der Waals surface area contributed by atoms with Gasteiger partial charge in [0.05, 0.1) is 0 Å². The maximum atomic E-state index is 12.4. The quantitative estimate of drug-likeness (QED) is 0.778. The fourth-order valence-corrected chi connectivity index (χ4v) is 2.10. The number of carbonyl (C=O) groups excluding carboxylic acids is 3. The zero-order valence-corrected chi connectivity index (χ0v) is 14.3. The lowest BCUT2D eigenvalue weighted by Gasteiger charge is -2.10. The van der Waals surface area contributed by atoms with E-state index in [0.717, 1.165) is 0 Å². The van der Waals surface area contributed by atoms with E-state index in [9.17, 15) is 14.4 Å². The number of nitrogens with one attached hydrogen (secondary N) is 3. The molecule has 2 rings (SSSR count). The van der Waals surface area contributed by atoms with Crippen LogP contribution in [0.25, 0.3) is 0 Å². The molecule has 2 aromatic rings. The number of hydrogen-bond acceptors (Lipinski definition) is 4. The van der Waals surface area contributed by atoms with E-state index in [1.807, 2.05) is 13.8 Å². The molecule has 3 N–H and O–H groups in total. The van der Waals surface area contributed by atoms with E-state index in [1.165, 1.54) is 13.0 Å². The topological polar surface area (TPSA) is 100 Å². The SMILES string of the molecule is CC(=O)Nc1cccc(NC(=O)c2cccc(C(=O)NC(C)C)n2)c1. The van der Waals surface area contributed by atoms with Crippen LogP contribution in [0.3, 0.4) is 0 Å². The Bertz CT molecular complexity index is 802. The van der Waals surface area contributed by atoms with E-state index >= 15 is 0 Å². The van der Waals surface area contributed by atoms with Gasteiger partial charge in [-0.2, -0.15) is 0 Å². The van der Waals surface area contributed by atoms with Gasteiger partial charge < -0.3 is 16.0 Å². The number of aromatic nitrogens is 1. The Morgan fingerprint density at radius 1 is 0.880 bits per heavy atom. The van der Waals surface area contributed by atoms with Crippen LogP contribution in [0.5, 0.6) is 0 Å². The molecule has 7 heteroatoms. The first-order valence-corrected chi connectivity index (χ1v) is 7.82. The lowest BCUT2D eigenvalue weighted by atomic mass is 10.2. The van der Waals surface area contributed by atoms with Crippen molar-refractivity contribution in [1.82, 2.24) is 10.3 Å². The van der Waals surface area contributed by atoms with Crippen molar-refractivity contribution in [3.05, 3.63) is 53.9 Å². The standard InChI is InChI=1S/C18H20N4O3/c1-11(2)19-17(24)15-8-5-9-16(22-15)18(25)21-14-7-4-6-13(10-14)20-12(3)23/h4-11H,1-3H3,(H,19,24)(H,20,23)(H,21,25). The minimum absolute atomic E-state index is 0.0247. The zero-order valence-electron chi connectivity index (χ0n) is 14.3. The van der Waals surface area contributed by atoms with Gasteiger partial charge in [0.25, 0.3) is 11.8 Å². The monoisotopic (exact) mass is 340 g/mol. The van der Waals surface area contributed by atoms with Crippen LogP contribution in [0.1, 0.15) is 41.7 Å². The van der Waals surface area contributed by atoms with Crippen molar-refractivity contribution in [2.45, 2.75) is 26.8 Å². The van der Waals surface area contributed by atoms with E-state index in [2.05, 4.69) is 20.9 Å². The van der Waals surface area contributed by atoms with Gasteiger partial charge in [-0.15, -0.1) is 0 Å². The van der Waals surface area contributed by atoms with Crippen molar-refractivity contribution in [2.75, 3.05) is 10.6 Å². The number of benzene rings is 1. The van der Waals surface area contributed by atoms with Crippen molar-refractivity contribution >= 4 is 29.1 Å². The van der Waals surface area contributed by atoms with Gasteiger partial charge in [0.1, 0.15) is 11.4 Å². The van der Waals surface area contributed by atoms with Crippen molar-refractivity contribution in [2.24, 2.45) is 0 Å². The van der Waals surface area contributed by atoms with Crippen LogP contribution in [-0.4, -0.2) is 28.7 Å². The van der Waals surface area contributed by atoms with Crippen LogP contribution in [0.2, 0.25) is 0 Å². The van der Waals surface area contributed by atoms with Gasteiger partial charge >= 0.3 is 0 Å². The predicted molar refractivity (Wildman–Crippen MR) is 95.5 cm³/mol. The zero-order chi connectivity index (χ0) is 18.4. The molecule has 0 saturated heterocycles. The third-order valence-corrected chi connectivity index (χ3v) is 3.07. The summed E-state index contributed by atoms with van der Waals surface area (Å²) in [7, 11) is 0. The number of rotatable bonds is 5. The first-order valence-electron chi connectivity index (χ1n) is 7.82. The minimum atomic E-state index is -0.445. The highest BCUT2D eigenvalue weighted by atomic mass is 16.2. The summed E-state index contributed by atoms with van der Waals surface area (Å²) in [5.41, 5.74) is 1.38. The van der Waals surface area contributed by atoms with Crippen LogP contribution in [0.15, 0.2) is 42.5 Å². The summed E-state index contributed by atoms with van der Waals surface area (Å²) < 4.78 is 0. The van der Waals surface area contributed by atoms with Crippen LogP contribution in [0, 0.1) is 0 Å². The molecule has 0 unspecified atom stereocenters. The van der Waals surface area contributed by atoms with Crippen molar-refractivity contribution in [3.8, 4) is 0 Å². The molecule has 0 aliphatic rings. The Morgan fingerprint density at radius 2 is 1.44 bits per heavy atom. The van der Waals surface area contributed by atoms with Crippen LogP contribution in [-0.2, 0) is 4.79 Å². The fourth-order valence-electron chi connectivity index (χ4n) is 2.10. The second-order valence-electron chi connectivity index (χ2n) is 5.75. The molecule has 130 valence electrons. The Hall–Kier alpha value is -3.22. The minimum Gasteiger partial charge on any atom is -0.349 e. The molecule has 0 saturated carbocycles. The average molecular weight is 340 g/mol. The lowest BCUT2D eigenvalue weighted by Crippen LogP contribution is -2.31. The van der Waals surface area contributed by atoms with Crippen molar-refractivity contribution in [3.63, 3.8) is 0 Å². The molecule has 0 atom stereocenters. The molecule has 0 fully saturated rings. The van der Waals surface area contributed by atoms with Gasteiger partial charge in [0, 0.05) is 24.3 Å². The fraction of sp³-hybridized carbons (Fsp3) is 0.222. The predicted octanol–water partition coefficient (Wildman–Crippen LogP) is 2.43. The van der Waals surface area contributed by atoms with Crippen molar-refractivity contribution < 1.29 is 14.4 Å². The van der Waals surface area contributed by atoms with Crippen LogP contribution >= 0.6 is 0 Å². The molecule has 25 heavy (non-hydrogen) atoms. The largest absolute Gasteiger partial charge is 0.349 e. The van der Waals surface area contributed by atoms with E-state index < -0.39 is 5.91 Å². The molecule has 0 aliphatic heterocycles. The Kier molecular flexibility index (Phi) is 5.84. The molecule has 3 amide bonds. The normalized spacial score (nSPS) is 10.2. The first kappa shape index (κ1) is 18.1. The third kappa shape index (κ3) is 5.42. The summed E-state index contributed by atoms with van der Waals surface area (Å²) in [6.45, 7) is 5.09. The highest BCUT2D eigenvalue weighted by Gasteiger charge is 2.13. The smallest absolute Gasteiger partial charge is 0.274 e. The first-order chi connectivity index (χ1) is 11.8. The van der Waals surface area contributed by atoms with E-state index in [0.29, 0.717) is 11.4 Å². The van der Waals surface area contributed by atoms with Gasteiger partial charge in [-0.25, -0.2) is 4.98 Å². The second kappa shape index (κ2) is 8.05. The molecular formula is C18H20N4O3. The Labute approximate surface area is 145 Å². The van der Waals surface area contributed by atoms with Crippen LogP contribution in [0.4, 0.5) is 11.4 Å². The number of pyridine rings is 1. The molecule has 0 radical (unpaired) electrons. The highest BCUT2D eigenvalue weighted by Crippen LogP contribution is 2.16. The highest BCUT2D eigenvalue weighted by molar-refractivity contribution is 6.04. The van der Waals surface area contributed by atoms with E-state index in [4.69, 9.17) is 0 Å². The lowest BCUT2D eigenvalue weighted by molar-refractivity contribution is -0.114. The molecule has 1 aromatic heterocycles. The molecule has 0 bridgehead atoms. The van der Waals surface area contributed by atoms with Gasteiger partial charge in [0.15, 0.2) is 0 Å². The van der Waals surface area contributed by atoms with Gasteiger partial charge in [-0.3, -0.25) is 14.4 Å². The van der Waals surface area contributed by atoms with E-state index in [1.54, 1.807) is 36.4 Å². The summed E-state index contributed by atoms with van der Waals surface area (Å²) >= 11 is 0. The third-order valence-electron chi connectivity index (χ3n) is 3.07. The summed E-state index contributed by atoms with van der Waals surface area (Å²) in [5.74, 6) is -0.981. The second-order valence-corrected chi connectivity index (χ2v) is 5.75. The summed E-state index contributed by atoms with van der Waals surface area (Å²) in [4.78, 5) is 39.5. The van der Waals surface area contributed by atoms with Crippen LogP contribution < -0.4 is 16.0 Å². The molecule has 7 nitrogen and oxygen atoms in total. The summed E-state index contributed by atoms with van der Waals surface area (Å²) in [6, 6.07) is 11.4. The summed E-state index contributed by atoms with van der Waals surface area (Å²) in [6.07, 6.45) is 0. The Balaban J connectivity index is 2.13. The van der Waals surface area contributed by atoms with Gasteiger partial charge in [-0.1, -0.05) is 12.1 Å². The Morgan fingerprint density at radius 3 is 2.04 bits per heavy atom. The number of amides is 3. The number of nitrogens with zero attached hydrogens (tertiary/aromatic N) is 1. The molecule has 0 aliphatic carbocycles. The van der Waals surface area contributed by atoms with Gasteiger partial charge in [-0.05, 0) is 44.2 Å². The maximum Gasteiger partial charge on any atom is 0.274 e. The van der Waals surface area contributed by atoms with E-state index in [-0.39, 0.29) is 29.2 Å². The average Bonchev–Trinajstić information content (AvgIpc) is 2.54. The van der Waals surface area contributed by atoms with Gasteiger partial charge in [0.2, 0.25) is 5.91 Å². The molecular weight excluding hydrogens is 320 g/mol. The maximum absolute atomic E-state index is 12.4. The summed E-state index contributed by atoms with van der Waals surface area (Å²) in [5, 5.41) is 8.06. The molecule has 0 spiro atoms. The number of carbonyl (C=O) groups is 3. The molecule has 1 heterocycles. The molecule has 1 aromatic carbocycles. The van der Waals surface area contributed by atoms with Crippen molar-refractivity contribution in [1.29, 1.82) is 0 Å².